The minimum absolute atomic E-state index is 0.199. The van der Waals surface area contributed by atoms with Gasteiger partial charge in [0.1, 0.15) is 25.4 Å². The lowest BCUT2D eigenvalue weighted by atomic mass is 9.82. The number of carbonyl (C=O) groups excluding carboxylic acids is 2. The van der Waals surface area contributed by atoms with Crippen molar-refractivity contribution in [3.05, 3.63) is 55.1 Å². The first kappa shape index (κ1) is 23.1. The molecule has 1 saturated carbocycles. The van der Waals surface area contributed by atoms with Crippen LogP contribution >= 0.6 is 0 Å². The van der Waals surface area contributed by atoms with Crippen LogP contribution < -0.4 is 9.47 Å². The Morgan fingerprint density at radius 3 is 2.52 bits per heavy atom. The van der Waals surface area contributed by atoms with Gasteiger partial charge in [-0.2, -0.15) is 0 Å². The summed E-state index contributed by atoms with van der Waals surface area (Å²) in [7, 11) is 0. The number of esters is 2. The van der Waals surface area contributed by atoms with Crippen LogP contribution in [0.1, 0.15) is 32.3 Å². The van der Waals surface area contributed by atoms with Crippen LogP contribution in [0.25, 0.3) is 6.08 Å². The van der Waals surface area contributed by atoms with Crippen LogP contribution in [0.3, 0.4) is 0 Å². The van der Waals surface area contributed by atoms with Crippen molar-refractivity contribution in [2.24, 2.45) is 0 Å². The minimum Gasteiger partial charge on any atom is -0.486 e. The average molecular weight is 456 g/mol. The molecule has 2 aliphatic heterocycles. The van der Waals surface area contributed by atoms with E-state index in [1.54, 1.807) is 36.4 Å². The molecule has 0 unspecified atom stereocenters. The lowest BCUT2D eigenvalue weighted by Crippen LogP contribution is -2.49. The van der Waals surface area contributed by atoms with E-state index >= 15 is 0 Å². The van der Waals surface area contributed by atoms with Crippen molar-refractivity contribution in [1.82, 2.24) is 0 Å². The Kier molecular flexibility index (Phi) is 6.32. The zero-order valence-electron chi connectivity index (χ0n) is 18.8. The molecule has 3 fully saturated rings. The van der Waals surface area contributed by atoms with Crippen LogP contribution in [-0.2, 0) is 28.5 Å². The fourth-order valence-electron chi connectivity index (χ4n) is 4.38. The second-order valence-electron chi connectivity index (χ2n) is 8.64. The molecular formula is C25H28O8. The molecule has 4 atom stereocenters. The highest BCUT2D eigenvalue weighted by molar-refractivity contribution is 5.92. The van der Waals surface area contributed by atoms with E-state index in [0.29, 0.717) is 30.3 Å². The van der Waals surface area contributed by atoms with Crippen molar-refractivity contribution in [3.63, 3.8) is 0 Å². The van der Waals surface area contributed by atoms with Crippen LogP contribution in [0, 0.1) is 0 Å². The topological polar surface area (TPSA) is 89.5 Å². The maximum Gasteiger partial charge on any atom is 0.351 e. The van der Waals surface area contributed by atoms with Gasteiger partial charge in [0.05, 0.1) is 6.10 Å². The summed E-state index contributed by atoms with van der Waals surface area (Å²) in [6.07, 6.45) is 5.33. The zero-order valence-corrected chi connectivity index (χ0v) is 18.8. The van der Waals surface area contributed by atoms with Gasteiger partial charge in [-0.25, -0.2) is 9.59 Å². The van der Waals surface area contributed by atoms with Gasteiger partial charge in [0, 0.05) is 18.9 Å². The lowest BCUT2D eigenvalue weighted by molar-refractivity contribution is -0.179. The Morgan fingerprint density at radius 1 is 1.09 bits per heavy atom. The van der Waals surface area contributed by atoms with Crippen LogP contribution in [0.4, 0.5) is 0 Å². The molecule has 4 rings (SSSR count). The largest absolute Gasteiger partial charge is 0.486 e. The van der Waals surface area contributed by atoms with Crippen LogP contribution in [-0.4, -0.2) is 54.9 Å². The Balaban J connectivity index is 1.45. The Labute approximate surface area is 192 Å². The molecule has 0 amide bonds. The molecule has 0 N–H and O–H groups in total. The molecule has 8 heteroatoms. The van der Waals surface area contributed by atoms with Crippen molar-refractivity contribution in [2.75, 3.05) is 13.2 Å². The van der Waals surface area contributed by atoms with Crippen LogP contribution in [0.5, 0.6) is 11.5 Å². The third-order valence-electron chi connectivity index (χ3n) is 5.67. The van der Waals surface area contributed by atoms with Gasteiger partial charge in [0.25, 0.3) is 0 Å². The molecule has 0 aromatic heterocycles. The van der Waals surface area contributed by atoms with E-state index in [-0.39, 0.29) is 25.0 Å². The average Bonchev–Trinajstić information content (AvgIpc) is 3.22. The number of rotatable bonds is 9. The number of ether oxygens (including phenoxy) is 6. The number of benzene rings is 1. The van der Waals surface area contributed by atoms with E-state index < -0.39 is 29.4 Å². The molecule has 1 aromatic carbocycles. The smallest absolute Gasteiger partial charge is 0.351 e. The third-order valence-corrected chi connectivity index (χ3v) is 5.67. The van der Waals surface area contributed by atoms with E-state index in [1.807, 2.05) is 13.8 Å². The molecule has 2 heterocycles. The molecular weight excluding hydrogens is 428 g/mol. The molecule has 8 nitrogen and oxygen atoms in total. The third kappa shape index (κ3) is 4.82. The van der Waals surface area contributed by atoms with E-state index in [1.165, 1.54) is 6.08 Å². The van der Waals surface area contributed by atoms with E-state index in [4.69, 9.17) is 28.4 Å². The highest BCUT2D eigenvalue weighted by atomic mass is 16.8. The number of carbonyl (C=O) groups is 2. The van der Waals surface area contributed by atoms with Gasteiger partial charge >= 0.3 is 11.9 Å². The first-order valence-corrected chi connectivity index (χ1v) is 10.8. The van der Waals surface area contributed by atoms with Crippen molar-refractivity contribution in [3.8, 4) is 11.5 Å². The van der Waals surface area contributed by atoms with Crippen molar-refractivity contribution < 1.29 is 38.0 Å². The van der Waals surface area contributed by atoms with Crippen molar-refractivity contribution in [2.45, 2.75) is 56.4 Å². The summed E-state index contributed by atoms with van der Waals surface area (Å²) in [5.74, 6) is -0.923. The van der Waals surface area contributed by atoms with Crippen molar-refractivity contribution in [1.29, 1.82) is 0 Å². The summed E-state index contributed by atoms with van der Waals surface area (Å²) in [5.41, 5.74) is -0.670. The molecule has 2 saturated heterocycles. The standard InChI is InChI=1S/C25H28O8/c1-5-11-28-17-9-7-16(13-18(17)29-12-6-2)8-10-21(26)32-25-14-19(30-23(25)27)22-20(15-25)31-24(3,4)33-22/h5-10,13,19-20,22H,1-2,11-12,14-15H2,3-4H3/t19-,20-,22+,25-/m1/s1. The monoisotopic (exact) mass is 456 g/mol. The Bertz CT molecular complexity index is 981. The van der Waals surface area contributed by atoms with Crippen LogP contribution in [0.2, 0.25) is 0 Å². The predicted molar refractivity (Wildman–Crippen MR) is 119 cm³/mol. The summed E-state index contributed by atoms with van der Waals surface area (Å²) in [6.45, 7) is 11.5. The quantitative estimate of drug-likeness (QED) is 0.318. The summed E-state index contributed by atoms with van der Waals surface area (Å²) in [4.78, 5) is 25.2. The van der Waals surface area contributed by atoms with Gasteiger partial charge in [-0.1, -0.05) is 31.4 Å². The summed E-state index contributed by atoms with van der Waals surface area (Å²) in [5, 5.41) is 0. The molecule has 0 spiro atoms. The number of fused-ring (bicyclic) bond motifs is 4. The molecule has 2 bridgehead atoms. The lowest BCUT2D eigenvalue weighted by Gasteiger charge is -2.32. The molecule has 0 radical (unpaired) electrons. The van der Waals surface area contributed by atoms with Gasteiger partial charge in [-0.15, -0.1) is 0 Å². The second-order valence-corrected chi connectivity index (χ2v) is 8.64. The first-order valence-electron chi connectivity index (χ1n) is 10.8. The van der Waals surface area contributed by atoms with Gasteiger partial charge in [0.2, 0.25) is 5.60 Å². The molecule has 1 aromatic rings. The maximum atomic E-state index is 12.6. The van der Waals surface area contributed by atoms with Gasteiger partial charge < -0.3 is 28.4 Å². The fraction of sp³-hybridized carbons (Fsp3) is 0.440. The molecule has 33 heavy (non-hydrogen) atoms. The van der Waals surface area contributed by atoms with Gasteiger partial charge in [-0.3, -0.25) is 0 Å². The fourth-order valence-corrected chi connectivity index (χ4v) is 4.38. The highest BCUT2D eigenvalue weighted by Gasteiger charge is 2.65. The number of hydrogen-bond donors (Lipinski definition) is 0. The zero-order chi connectivity index (χ0) is 23.6. The Hall–Kier alpha value is -3.10. The normalized spacial score (nSPS) is 29.3. The van der Waals surface area contributed by atoms with Crippen LogP contribution in [0.15, 0.2) is 49.6 Å². The SMILES string of the molecule is C=CCOc1ccc(C=CC(=O)O[C@@]23C[C@@H](OC2=O)[C@@H]2OC(C)(C)O[C@@H]2C3)cc1OCC=C. The van der Waals surface area contributed by atoms with E-state index in [2.05, 4.69) is 13.2 Å². The minimum atomic E-state index is -1.36. The molecule has 176 valence electrons. The van der Waals surface area contributed by atoms with Crippen molar-refractivity contribution >= 4 is 18.0 Å². The second kappa shape index (κ2) is 9.03. The summed E-state index contributed by atoms with van der Waals surface area (Å²) in [6, 6.07) is 5.25. The molecule has 1 aliphatic carbocycles. The first-order chi connectivity index (χ1) is 15.7. The maximum absolute atomic E-state index is 12.6. The van der Waals surface area contributed by atoms with Gasteiger partial charge in [0.15, 0.2) is 17.3 Å². The van der Waals surface area contributed by atoms with E-state index in [0.717, 1.165) is 0 Å². The number of hydrogen-bond acceptors (Lipinski definition) is 8. The van der Waals surface area contributed by atoms with E-state index in [9.17, 15) is 9.59 Å². The van der Waals surface area contributed by atoms with Gasteiger partial charge in [-0.05, 0) is 37.6 Å². The summed E-state index contributed by atoms with van der Waals surface area (Å²) >= 11 is 0. The highest BCUT2D eigenvalue weighted by Crippen LogP contribution is 2.48. The Morgan fingerprint density at radius 2 is 1.79 bits per heavy atom. The summed E-state index contributed by atoms with van der Waals surface area (Å²) < 4.78 is 34.1. The predicted octanol–water partition coefficient (Wildman–Crippen LogP) is 3.35. The molecule has 3 aliphatic rings.